The number of nitrogens with one attached hydrogen (secondary N) is 2. The summed E-state index contributed by atoms with van der Waals surface area (Å²) in [6.07, 6.45) is 7.14. The average molecular weight is 397 g/mol. The Hall–Kier alpha value is -2.38. The number of piperazine rings is 1. The van der Waals surface area contributed by atoms with Crippen molar-refractivity contribution in [1.29, 1.82) is 0 Å². The van der Waals surface area contributed by atoms with E-state index < -0.39 is 0 Å². The molecule has 7 heteroatoms. The quantitative estimate of drug-likeness (QED) is 0.512. The van der Waals surface area contributed by atoms with Crippen molar-refractivity contribution in [3.63, 3.8) is 0 Å². The van der Waals surface area contributed by atoms with E-state index in [1.807, 2.05) is 18.2 Å². The molecule has 3 fully saturated rings. The molecule has 3 atom stereocenters. The third-order valence-electron chi connectivity index (χ3n) is 7.10. The summed E-state index contributed by atoms with van der Waals surface area (Å²) >= 11 is 0. The number of nitrogens with zero attached hydrogens (tertiary/aromatic N) is 2. The molecule has 4 heterocycles. The molecule has 0 saturated carbocycles. The van der Waals surface area contributed by atoms with E-state index in [2.05, 4.69) is 20.4 Å². The Morgan fingerprint density at radius 1 is 1.10 bits per heavy atom. The van der Waals surface area contributed by atoms with Gasteiger partial charge in [-0.25, -0.2) is 0 Å². The predicted molar refractivity (Wildman–Crippen MR) is 115 cm³/mol. The second kappa shape index (κ2) is 7.46. The van der Waals surface area contributed by atoms with Crippen LogP contribution in [0.5, 0.6) is 5.75 Å². The first-order chi connectivity index (χ1) is 14.1. The first-order valence-electron chi connectivity index (χ1n) is 10.8. The molecular weight excluding hydrogens is 364 g/mol. The lowest BCUT2D eigenvalue weighted by Crippen LogP contribution is -2.62. The number of para-hydroxylation sites is 1. The van der Waals surface area contributed by atoms with Crippen molar-refractivity contribution >= 4 is 5.70 Å². The fourth-order valence-electron chi connectivity index (χ4n) is 5.60. The Labute approximate surface area is 172 Å². The standard InChI is InChI=1S/C22H32N6O/c23-19(18-3-1-2-4-21(18)29)11-20-22(24)25-12-17-13-27(7-8-28(17)20)16-9-14-5-6-15(10-16)26-14/h1-4,11,14-17,25-26,29H,5-10,12-13,23-24H2/b19-11-. The third-order valence-corrected chi connectivity index (χ3v) is 7.10. The Kier molecular flexibility index (Phi) is 4.80. The highest BCUT2D eigenvalue weighted by Crippen LogP contribution is 2.32. The van der Waals surface area contributed by atoms with Crippen LogP contribution in [0.15, 0.2) is 41.9 Å². The molecule has 7 nitrogen and oxygen atoms in total. The van der Waals surface area contributed by atoms with Gasteiger partial charge < -0.3 is 32.1 Å². The van der Waals surface area contributed by atoms with E-state index in [-0.39, 0.29) is 5.75 Å². The number of allylic oxidation sites excluding steroid dienone is 1. The van der Waals surface area contributed by atoms with Crippen molar-refractivity contribution in [3.8, 4) is 5.75 Å². The van der Waals surface area contributed by atoms with E-state index in [9.17, 15) is 5.11 Å². The number of phenolic OH excluding ortho intramolecular Hbond substituents is 1. The molecule has 0 aliphatic carbocycles. The molecule has 3 unspecified atom stereocenters. The molecule has 0 amide bonds. The fourth-order valence-corrected chi connectivity index (χ4v) is 5.60. The van der Waals surface area contributed by atoms with Gasteiger partial charge in [0.05, 0.1) is 11.7 Å². The van der Waals surface area contributed by atoms with Gasteiger partial charge >= 0.3 is 0 Å². The zero-order valence-electron chi connectivity index (χ0n) is 16.8. The van der Waals surface area contributed by atoms with Crippen LogP contribution in [0.4, 0.5) is 0 Å². The van der Waals surface area contributed by atoms with Crippen LogP contribution in [-0.2, 0) is 0 Å². The molecule has 4 aliphatic rings. The molecule has 2 bridgehead atoms. The smallest absolute Gasteiger partial charge is 0.124 e. The molecule has 1 aromatic carbocycles. The molecule has 156 valence electrons. The van der Waals surface area contributed by atoms with Crippen LogP contribution in [0.2, 0.25) is 0 Å². The van der Waals surface area contributed by atoms with Gasteiger partial charge in [-0.15, -0.1) is 0 Å². The van der Waals surface area contributed by atoms with Gasteiger partial charge in [0.2, 0.25) is 0 Å². The van der Waals surface area contributed by atoms with Crippen LogP contribution in [0.25, 0.3) is 5.70 Å². The third kappa shape index (κ3) is 3.53. The number of aromatic hydroxyl groups is 1. The average Bonchev–Trinajstić information content (AvgIpc) is 3.07. The van der Waals surface area contributed by atoms with Crippen LogP contribution in [0.1, 0.15) is 31.2 Å². The summed E-state index contributed by atoms with van der Waals surface area (Å²) in [4.78, 5) is 5.09. The van der Waals surface area contributed by atoms with E-state index in [1.54, 1.807) is 12.1 Å². The van der Waals surface area contributed by atoms with Gasteiger partial charge in [0.1, 0.15) is 11.6 Å². The molecule has 0 radical (unpaired) electrons. The van der Waals surface area contributed by atoms with Crippen molar-refractivity contribution < 1.29 is 5.11 Å². The second-order valence-electron chi connectivity index (χ2n) is 8.90. The van der Waals surface area contributed by atoms with Gasteiger partial charge in [-0.05, 0) is 43.9 Å². The van der Waals surface area contributed by atoms with E-state index in [1.165, 1.54) is 25.7 Å². The van der Waals surface area contributed by atoms with Crippen LogP contribution in [0.3, 0.4) is 0 Å². The fraction of sp³-hybridized carbons (Fsp3) is 0.545. The minimum Gasteiger partial charge on any atom is -0.507 e. The van der Waals surface area contributed by atoms with Crippen molar-refractivity contribution in [3.05, 3.63) is 47.4 Å². The summed E-state index contributed by atoms with van der Waals surface area (Å²) < 4.78 is 0. The Morgan fingerprint density at radius 2 is 1.86 bits per heavy atom. The number of fused-ring (bicyclic) bond motifs is 3. The van der Waals surface area contributed by atoms with E-state index in [0.29, 0.717) is 41.2 Å². The maximum atomic E-state index is 10.1. The minimum atomic E-state index is 0.186. The minimum absolute atomic E-state index is 0.186. The first-order valence-corrected chi connectivity index (χ1v) is 10.8. The number of phenols is 1. The summed E-state index contributed by atoms with van der Waals surface area (Å²) in [6, 6.07) is 9.67. The van der Waals surface area contributed by atoms with Crippen LogP contribution in [0, 0.1) is 0 Å². The Morgan fingerprint density at radius 3 is 2.62 bits per heavy atom. The predicted octanol–water partition coefficient (Wildman–Crippen LogP) is 0.692. The molecule has 1 aromatic rings. The van der Waals surface area contributed by atoms with E-state index in [4.69, 9.17) is 11.5 Å². The lowest BCUT2D eigenvalue weighted by atomic mass is 9.96. The maximum Gasteiger partial charge on any atom is 0.124 e. The number of hydrogen-bond donors (Lipinski definition) is 5. The van der Waals surface area contributed by atoms with Gasteiger partial charge in [-0.2, -0.15) is 0 Å². The number of piperidine rings is 1. The summed E-state index contributed by atoms with van der Waals surface area (Å²) in [7, 11) is 0. The van der Waals surface area contributed by atoms with Gasteiger partial charge in [0.15, 0.2) is 0 Å². The SMILES string of the molecule is NC1=C(/C=C(\N)c2ccccc2O)N2CCN(C3CC4CCC(C3)N4)CC2CN1. The van der Waals surface area contributed by atoms with Gasteiger partial charge in [-0.3, -0.25) is 4.90 Å². The zero-order chi connectivity index (χ0) is 20.0. The number of hydrogen-bond acceptors (Lipinski definition) is 7. The summed E-state index contributed by atoms with van der Waals surface area (Å²) in [5.41, 5.74) is 14.8. The maximum absolute atomic E-state index is 10.1. The topological polar surface area (TPSA) is 103 Å². The van der Waals surface area contributed by atoms with E-state index in [0.717, 1.165) is 31.9 Å². The normalized spacial score (nSPS) is 32.8. The lowest BCUT2D eigenvalue weighted by Gasteiger charge is -2.49. The van der Waals surface area contributed by atoms with Gasteiger partial charge in [0, 0.05) is 55.6 Å². The molecule has 29 heavy (non-hydrogen) atoms. The number of rotatable bonds is 3. The Bertz CT molecular complexity index is 824. The van der Waals surface area contributed by atoms with Gasteiger partial charge in [-0.1, -0.05) is 12.1 Å². The summed E-state index contributed by atoms with van der Waals surface area (Å²) in [6.45, 7) is 3.92. The van der Waals surface area contributed by atoms with E-state index >= 15 is 0 Å². The Balaban J connectivity index is 1.32. The molecule has 3 saturated heterocycles. The number of nitrogens with two attached hydrogens (primary N) is 2. The summed E-state index contributed by atoms with van der Waals surface area (Å²) in [5, 5.41) is 17.3. The highest BCUT2D eigenvalue weighted by Gasteiger charge is 2.40. The molecule has 5 rings (SSSR count). The first kappa shape index (κ1) is 18.6. The highest BCUT2D eigenvalue weighted by atomic mass is 16.3. The van der Waals surface area contributed by atoms with Crippen molar-refractivity contribution in [1.82, 2.24) is 20.4 Å². The zero-order valence-corrected chi connectivity index (χ0v) is 16.8. The van der Waals surface area contributed by atoms with Crippen LogP contribution >= 0.6 is 0 Å². The number of benzene rings is 1. The monoisotopic (exact) mass is 396 g/mol. The van der Waals surface area contributed by atoms with Crippen molar-refractivity contribution in [2.24, 2.45) is 11.5 Å². The highest BCUT2D eigenvalue weighted by molar-refractivity contribution is 5.70. The largest absolute Gasteiger partial charge is 0.507 e. The van der Waals surface area contributed by atoms with Crippen molar-refractivity contribution in [2.75, 3.05) is 26.2 Å². The van der Waals surface area contributed by atoms with Crippen molar-refractivity contribution in [2.45, 2.75) is 49.9 Å². The second-order valence-corrected chi connectivity index (χ2v) is 8.90. The lowest BCUT2D eigenvalue weighted by molar-refractivity contribution is 0.0466. The molecule has 0 aromatic heterocycles. The summed E-state index contributed by atoms with van der Waals surface area (Å²) in [5.74, 6) is 0.846. The van der Waals surface area contributed by atoms with Crippen LogP contribution < -0.4 is 22.1 Å². The van der Waals surface area contributed by atoms with Gasteiger partial charge in [0.25, 0.3) is 0 Å². The molecule has 0 spiro atoms. The van der Waals surface area contributed by atoms with Crippen LogP contribution in [-0.4, -0.2) is 65.3 Å². The molecular formula is C22H32N6O. The molecule has 4 aliphatic heterocycles. The molecule has 7 N–H and O–H groups in total.